The molecule has 2 unspecified atom stereocenters. The molecule has 2 atom stereocenters. The standard InChI is InChI=1S/C13H16Cl2N2O/c1-8-3-4-9(2)17(7-8)13(18)10-5-12(15)16-6-11(10)14/h5-6,8-9H,3-4,7H2,1-2H3. The molecule has 3 nitrogen and oxygen atoms in total. The lowest BCUT2D eigenvalue weighted by molar-refractivity contribution is 0.0574. The second-order valence-corrected chi connectivity index (χ2v) is 5.77. The van der Waals surface area contributed by atoms with Crippen LogP contribution in [0, 0.1) is 5.92 Å². The molecule has 0 aromatic carbocycles. The summed E-state index contributed by atoms with van der Waals surface area (Å²) in [5, 5.41) is 0.648. The second-order valence-electron chi connectivity index (χ2n) is 4.98. The Hall–Kier alpha value is -0.800. The first-order chi connectivity index (χ1) is 8.49. The van der Waals surface area contributed by atoms with Gasteiger partial charge < -0.3 is 4.90 Å². The molecule has 2 heterocycles. The summed E-state index contributed by atoms with van der Waals surface area (Å²) in [4.78, 5) is 18.2. The van der Waals surface area contributed by atoms with Crippen molar-refractivity contribution in [1.29, 1.82) is 0 Å². The van der Waals surface area contributed by atoms with E-state index in [1.807, 2.05) is 4.90 Å². The maximum absolute atomic E-state index is 12.5. The molecular formula is C13H16Cl2N2O. The summed E-state index contributed by atoms with van der Waals surface area (Å²) in [5.41, 5.74) is 0.442. The zero-order valence-corrected chi connectivity index (χ0v) is 12.0. The quantitative estimate of drug-likeness (QED) is 0.739. The number of hydrogen-bond acceptors (Lipinski definition) is 2. The Kier molecular flexibility index (Phi) is 4.13. The van der Waals surface area contributed by atoms with Crippen LogP contribution in [-0.2, 0) is 0 Å². The normalized spacial score (nSPS) is 24.1. The van der Waals surface area contributed by atoms with Crippen LogP contribution >= 0.6 is 23.2 Å². The highest BCUT2D eigenvalue weighted by Crippen LogP contribution is 2.26. The summed E-state index contributed by atoms with van der Waals surface area (Å²) in [6.07, 6.45) is 3.62. The highest BCUT2D eigenvalue weighted by molar-refractivity contribution is 6.35. The fourth-order valence-corrected chi connectivity index (χ4v) is 2.65. The summed E-state index contributed by atoms with van der Waals surface area (Å²) >= 11 is 11.9. The number of hydrogen-bond donors (Lipinski definition) is 0. The first-order valence-corrected chi connectivity index (χ1v) is 6.86. The highest BCUT2D eigenvalue weighted by atomic mass is 35.5. The summed E-state index contributed by atoms with van der Waals surface area (Å²) < 4.78 is 0. The monoisotopic (exact) mass is 286 g/mol. The molecule has 1 fully saturated rings. The Balaban J connectivity index is 2.27. The molecule has 2 rings (SSSR count). The fraction of sp³-hybridized carbons (Fsp3) is 0.538. The minimum atomic E-state index is -0.0525. The van der Waals surface area contributed by atoms with Crippen molar-refractivity contribution in [2.24, 2.45) is 5.92 Å². The van der Waals surface area contributed by atoms with Crippen molar-refractivity contribution in [2.75, 3.05) is 6.54 Å². The lowest BCUT2D eigenvalue weighted by Gasteiger charge is -2.37. The predicted molar refractivity (Wildman–Crippen MR) is 73.2 cm³/mol. The van der Waals surface area contributed by atoms with Gasteiger partial charge in [-0.25, -0.2) is 4.98 Å². The number of nitrogens with zero attached hydrogens (tertiary/aromatic N) is 2. The average Bonchev–Trinajstić information content (AvgIpc) is 2.34. The van der Waals surface area contributed by atoms with Crippen LogP contribution in [0.15, 0.2) is 12.3 Å². The minimum absolute atomic E-state index is 0.0525. The third kappa shape index (κ3) is 2.78. The Morgan fingerprint density at radius 3 is 2.83 bits per heavy atom. The molecule has 0 N–H and O–H groups in total. The van der Waals surface area contributed by atoms with Crippen molar-refractivity contribution in [2.45, 2.75) is 32.7 Å². The van der Waals surface area contributed by atoms with Crippen molar-refractivity contribution < 1.29 is 4.79 Å². The van der Waals surface area contributed by atoms with Gasteiger partial charge in [0, 0.05) is 18.8 Å². The van der Waals surface area contributed by atoms with Gasteiger partial charge in [0.1, 0.15) is 5.15 Å². The number of carbonyl (C=O) groups is 1. The molecule has 1 aromatic heterocycles. The summed E-state index contributed by atoms with van der Waals surface area (Å²) in [5.74, 6) is 0.476. The van der Waals surface area contributed by atoms with Crippen LogP contribution in [0.4, 0.5) is 0 Å². The van der Waals surface area contributed by atoms with Gasteiger partial charge in [0.2, 0.25) is 0 Å². The molecule has 0 saturated carbocycles. The number of piperidine rings is 1. The Labute approximate surface area is 117 Å². The third-order valence-corrected chi connectivity index (χ3v) is 3.94. The van der Waals surface area contributed by atoms with E-state index < -0.39 is 0 Å². The SMILES string of the molecule is CC1CCC(C)N(C(=O)c2cc(Cl)ncc2Cl)C1. The minimum Gasteiger partial charge on any atom is -0.336 e. The lowest BCUT2D eigenvalue weighted by Crippen LogP contribution is -2.45. The van der Waals surface area contributed by atoms with Crippen molar-refractivity contribution in [3.05, 3.63) is 28.0 Å². The molecule has 0 radical (unpaired) electrons. The molecule has 5 heteroatoms. The molecule has 0 bridgehead atoms. The van der Waals surface area contributed by atoms with Crippen LogP contribution in [0.1, 0.15) is 37.0 Å². The van der Waals surface area contributed by atoms with E-state index in [4.69, 9.17) is 23.2 Å². The number of pyridine rings is 1. The van der Waals surface area contributed by atoms with Crippen LogP contribution in [-0.4, -0.2) is 28.4 Å². The molecule has 1 aliphatic rings. The molecular weight excluding hydrogens is 271 g/mol. The van der Waals surface area contributed by atoms with Crippen molar-refractivity contribution in [3.8, 4) is 0 Å². The smallest absolute Gasteiger partial charge is 0.255 e. The van der Waals surface area contributed by atoms with Gasteiger partial charge >= 0.3 is 0 Å². The van der Waals surface area contributed by atoms with Gasteiger partial charge in [0.25, 0.3) is 5.91 Å². The Morgan fingerprint density at radius 2 is 2.11 bits per heavy atom. The summed E-state index contributed by atoms with van der Waals surface area (Å²) in [6, 6.07) is 1.79. The molecule has 0 aliphatic carbocycles. The maximum atomic E-state index is 12.5. The van der Waals surface area contributed by atoms with Gasteiger partial charge in [-0.15, -0.1) is 0 Å². The lowest BCUT2D eigenvalue weighted by atomic mass is 9.94. The van der Waals surface area contributed by atoms with E-state index in [2.05, 4.69) is 18.8 Å². The zero-order valence-electron chi connectivity index (χ0n) is 10.5. The second kappa shape index (κ2) is 5.45. The largest absolute Gasteiger partial charge is 0.336 e. The number of amides is 1. The van der Waals surface area contributed by atoms with Gasteiger partial charge in [-0.1, -0.05) is 30.1 Å². The number of likely N-dealkylation sites (tertiary alicyclic amines) is 1. The van der Waals surface area contributed by atoms with Crippen LogP contribution in [0.25, 0.3) is 0 Å². The van der Waals surface area contributed by atoms with Gasteiger partial charge in [-0.3, -0.25) is 4.79 Å². The van der Waals surface area contributed by atoms with Crippen LogP contribution in [0.5, 0.6) is 0 Å². The summed E-state index contributed by atoms with van der Waals surface area (Å²) in [6.45, 7) is 5.00. The predicted octanol–water partition coefficient (Wildman–Crippen LogP) is 3.65. The van der Waals surface area contributed by atoms with E-state index >= 15 is 0 Å². The van der Waals surface area contributed by atoms with E-state index in [1.54, 1.807) is 0 Å². The van der Waals surface area contributed by atoms with E-state index in [9.17, 15) is 4.79 Å². The maximum Gasteiger partial charge on any atom is 0.255 e. The van der Waals surface area contributed by atoms with Crippen molar-refractivity contribution in [1.82, 2.24) is 9.88 Å². The Bertz CT molecular complexity index is 464. The molecule has 1 saturated heterocycles. The van der Waals surface area contributed by atoms with Crippen LogP contribution in [0.2, 0.25) is 10.2 Å². The first-order valence-electron chi connectivity index (χ1n) is 6.11. The third-order valence-electron chi connectivity index (χ3n) is 3.43. The molecule has 1 aliphatic heterocycles. The molecule has 1 aromatic rings. The van der Waals surface area contributed by atoms with Crippen LogP contribution < -0.4 is 0 Å². The number of aromatic nitrogens is 1. The molecule has 1 amide bonds. The zero-order chi connectivity index (χ0) is 13.3. The number of rotatable bonds is 1. The average molecular weight is 287 g/mol. The van der Waals surface area contributed by atoms with Gasteiger partial charge in [0.05, 0.1) is 10.6 Å². The first kappa shape index (κ1) is 13.6. The number of halogens is 2. The van der Waals surface area contributed by atoms with E-state index in [0.29, 0.717) is 21.7 Å². The highest BCUT2D eigenvalue weighted by Gasteiger charge is 2.28. The van der Waals surface area contributed by atoms with E-state index in [1.165, 1.54) is 12.3 Å². The fourth-order valence-electron chi connectivity index (χ4n) is 2.30. The van der Waals surface area contributed by atoms with Gasteiger partial charge in [-0.05, 0) is 31.7 Å². The summed E-state index contributed by atoms with van der Waals surface area (Å²) in [7, 11) is 0. The van der Waals surface area contributed by atoms with Crippen molar-refractivity contribution >= 4 is 29.1 Å². The molecule has 98 valence electrons. The molecule has 0 spiro atoms. The topological polar surface area (TPSA) is 33.2 Å². The van der Waals surface area contributed by atoms with Gasteiger partial charge in [-0.2, -0.15) is 0 Å². The van der Waals surface area contributed by atoms with Crippen molar-refractivity contribution in [3.63, 3.8) is 0 Å². The Morgan fingerprint density at radius 1 is 1.39 bits per heavy atom. The van der Waals surface area contributed by atoms with Crippen LogP contribution in [0.3, 0.4) is 0 Å². The molecule has 18 heavy (non-hydrogen) atoms. The van der Waals surface area contributed by atoms with E-state index in [-0.39, 0.29) is 11.9 Å². The number of carbonyl (C=O) groups excluding carboxylic acids is 1. The van der Waals surface area contributed by atoms with Gasteiger partial charge in [0.15, 0.2) is 0 Å². The van der Waals surface area contributed by atoms with E-state index in [0.717, 1.165) is 19.4 Å².